The highest BCUT2D eigenvalue weighted by Crippen LogP contribution is 2.68. The summed E-state index contributed by atoms with van der Waals surface area (Å²) < 4.78 is 13.3. The first-order valence-corrected chi connectivity index (χ1v) is 14.8. The van der Waals surface area contributed by atoms with Crippen molar-refractivity contribution < 1.29 is 9.50 Å². The summed E-state index contributed by atoms with van der Waals surface area (Å²) in [7, 11) is 0. The fraction of sp³-hybridized carbons (Fsp3) is 0.812. The lowest BCUT2D eigenvalue weighted by Crippen LogP contribution is -2.54. The van der Waals surface area contributed by atoms with Crippen LogP contribution in [0.25, 0.3) is 0 Å². The molecule has 4 aliphatic rings. The number of hydrogen-bond acceptors (Lipinski definition) is 1. The van der Waals surface area contributed by atoms with E-state index in [0.29, 0.717) is 10.8 Å². The zero-order valence-corrected chi connectivity index (χ0v) is 22.7. The number of aliphatic hydroxyl groups is 1. The van der Waals surface area contributed by atoms with Gasteiger partial charge >= 0.3 is 0 Å². The van der Waals surface area contributed by atoms with E-state index in [2.05, 4.69) is 20.8 Å². The zero-order chi connectivity index (χ0) is 24.5. The van der Waals surface area contributed by atoms with Crippen LogP contribution in [0.5, 0.6) is 0 Å². The van der Waals surface area contributed by atoms with Gasteiger partial charge in [0.2, 0.25) is 0 Å². The van der Waals surface area contributed by atoms with Crippen LogP contribution in [0, 0.1) is 52.2 Å². The summed E-state index contributed by atoms with van der Waals surface area (Å²) in [5.41, 5.74) is 2.29. The molecule has 4 aliphatic carbocycles. The van der Waals surface area contributed by atoms with E-state index < -0.39 is 0 Å². The lowest BCUT2D eigenvalue weighted by atomic mass is 9.44. The highest BCUT2D eigenvalue weighted by Gasteiger charge is 2.60. The molecule has 0 aromatic heterocycles. The van der Waals surface area contributed by atoms with E-state index in [4.69, 9.17) is 0 Å². The SMILES string of the molecule is CC.CC[C@@H](CCc1ccc(F)cc1)C1CCC2[C@@H]3CCC4CC(O)CCC4(C)C3CCC12C. The average Bonchev–Trinajstić information content (AvgIpc) is 3.20. The van der Waals surface area contributed by atoms with Crippen molar-refractivity contribution in [1.82, 2.24) is 0 Å². The molecule has 7 unspecified atom stereocenters. The molecule has 192 valence electrons. The van der Waals surface area contributed by atoms with Crippen LogP contribution in [-0.4, -0.2) is 11.2 Å². The van der Waals surface area contributed by atoms with Gasteiger partial charge in [-0.1, -0.05) is 53.2 Å². The van der Waals surface area contributed by atoms with Crippen LogP contribution in [0.3, 0.4) is 0 Å². The molecule has 2 heteroatoms. The second-order valence-electron chi connectivity index (χ2n) is 12.6. The van der Waals surface area contributed by atoms with Gasteiger partial charge in [0, 0.05) is 0 Å². The lowest BCUT2D eigenvalue weighted by molar-refractivity contribution is -0.129. The Morgan fingerprint density at radius 3 is 2.29 bits per heavy atom. The minimum absolute atomic E-state index is 0.0410. The highest BCUT2D eigenvalue weighted by atomic mass is 19.1. The van der Waals surface area contributed by atoms with Crippen LogP contribution in [0.1, 0.15) is 111 Å². The van der Waals surface area contributed by atoms with Crippen molar-refractivity contribution in [2.45, 2.75) is 118 Å². The molecule has 0 bridgehead atoms. The number of aliphatic hydroxyl groups excluding tert-OH is 1. The maximum Gasteiger partial charge on any atom is 0.123 e. The van der Waals surface area contributed by atoms with Crippen molar-refractivity contribution in [1.29, 1.82) is 0 Å². The Balaban J connectivity index is 0.00000133. The van der Waals surface area contributed by atoms with Gasteiger partial charge in [-0.2, -0.15) is 0 Å². The second kappa shape index (κ2) is 10.6. The number of hydrogen-bond donors (Lipinski definition) is 1. The highest BCUT2D eigenvalue weighted by molar-refractivity contribution is 5.16. The van der Waals surface area contributed by atoms with E-state index in [9.17, 15) is 9.50 Å². The van der Waals surface area contributed by atoms with Crippen molar-refractivity contribution in [3.05, 3.63) is 35.6 Å². The summed E-state index contributed by atoms with van der Waals surface area (Å²) in [5.74, 6) is 5.01. The van der Waals surface area contributed by atoms with E-state index in [-0.39, 0.29) is 11.9 Å². The van der Waals surface area contributed by atoms with Gasteiger partial charge in [-0.3, -0.25) is 0 Å². The molecule has 1 aromatic rings. The Hall–Kier alpha value is -0.890. The molecule has 1 nitrogen and oxygen atoms in total. The minimum Gasteiger partial charge on any atom is -0.393 e. The second-order valence-corrected chi connectivity index (χ2v) is 12.6. The Morgan fingerprint density at radius 2 is 1.59 bits per heavy atom. The normalized spacial score (nSPS) is 42.0. The Labute approximate surface area is 209 Å². The number of aryl methyl sites for hydroxylation is 1. The van der Waals surface area contributed by atoms with Gasteiger partial charge in [-0.05, 0) is 135 Å². The molecular formula is C32H51FO. The Morgan fingerprint density at radius 1 is 0.912 bits per heavy atom. The Kier molecular flexibility index (Phi) is 8.17. The van der Waals surface area contributed by atoms with Crippen LogP contribution in [0.15, 0.2) is 24.3 Å². The summed E-state index contributed by atoms with van der Waals surface area (Å²) in [4.78, 5) is 0. The summed E-state index contributed by atoms with van der Waals surface area (Å²) in [6.45, 7) is 11.7. The smallest absolute Gasteiger partial charge is 0.123 e. The minimum atomic E-state index is -0.125. The first-order chi connectivity index (χ1) is 16.3. The quantitative estimate of drug-likeness (QED) is 0.456. The number of fused-ring (bicyclic) bond motifs is 5. The van der Waals surface area contributed by atoms with Crippen molar-refractivity contribution in [2.75, 3.05) is 0 Å². The molecule has 0 radical (unpaired) electrons. The van der Waals surface area contributed by atoms with Gasteiger partial charge in [0.15, 0.2) is 0 Å². The average molecular weight is 471 g/mol. The fourth-order valence-corrected chi connectivity index (χ4v) is 9.74. The molecule has 9 atom stereocenters. The molecule has 0 amide bonds. The lowest BCUT2D eigenvalue weighted by Gasteiger charge is -2.61. The van der Waals surface area contributed by atoms with Gasteiger partial charge in [-0.25, -0.2) is 4.39 Å². The van der Waals surface area contributed by atoms with Crippen LogP contribution in [-0.2, 0) is 6.42 Å². The molecule has 4 saturated carbocycles. The van der Waals surface area contributed by atoms with Crippen LogP contribution >= 0.6 is 0 Å². The monoisotopic (exact) mass is 470 g/mol. The van der Waals surface area contributed by atoms with Gasteiger partial charge < -0.3 is 5.11 Å². The van der Waals surface area contributed by atoms with Gasteiger partial charge in [0.25, 0.3) is 0 Å². The molecule has 34 heavy (non-hydrogen) atoms. The third-order valence-corrected chi connectivity index (χ3v) is 11.5. The Bertz CT molecular complexity index is 789. The van der Waals surface area contributed by atoms with Crippen LogP contribution < -0.4 is 0 Å². The van der Waals surface area contributed by atoms with Crippen LogP contribution in [0.4, 0.5) is 4.39 Å². The van der Waals surface area contributed by atoms with E-state index in [1.807, 2.05) is 26.0 Å². The third-order valence-electron chi connectivity index (χ3n) is 11.5. The maximum absolute atomic E-state index is 13.3. The van der Waals surface area contributed by atoms with E-state index >= 15 is 0 Å². The molecule has 4 fully saturated rings. The summed E-state index contributed by atoms with van der Waals surface area (Å²) in [6, 6.07) is 7.19. The first-order valence-electron chi connectivity index (χ1n) is 14.8. The molecule has 0 saturated heterocycles. The van der Waals surface area contributed by atoms with Crippen molar-refractivity contribution >= 4 is 0 Å². The van der Waals surface area contributed by atoms with E-state index in [1.165, 1.54) is 63.4 Å². The summed E-state index contributed by atoms with van der Waals surface area (Å²) >= 11 is 0. The number of rotatable bonds is 5. The largest absolute Gasteiger partial charge is 0.393 e. The summed E-state index contributed by atoms with van der Waals surface area (Å²) in [5, 5.41) is 10.3. The predicted molar refractivity (Wildman–Crippen MR) is 141 cm³/mol. The van der Waals surface area contributed by atoms with E-state index in [1.54, 1.807) is 12.1 Å². The molecule has 0 spiro atoms. The van der Waals surface area contributed by atoms with Crippen molar-refractivity contribution in [3.8, 4) is 0 Å². The molecule has 5 rings (SSSR count). The fourth-order valence-electron chi connectivity index (χ4n) is 9.74. The molecule has 0 heterocycles. The van der Waals surface area contributed by atoms with Gasteiger partial charge in [0.05, 0.1) is 6.10 Å². The molecule has 1 N–H and O–H groups in total. The van der Waals surface area contributed by atoms with Crippen molar-refractivity contribution in [3.63, 3.8) is 0 Å². The molecule has 0 aliphatic heterocycles. The molecular weight excluding hydrogens is 419 g/mol. The summed E-state index contributed by atoms with van der Waals surface area (Å²) in [6.07, 6.45) is 15.4. The molecule has 1 aromatic carbocycles. The number of halogens is 1. The zero-order valence-electron chi connectivity index (χ0n) is 22.7. The van der Waals surface area contributed by atoms with Crippen LogP contribution in [0.2, 0.25) is 0 Å². The predicted octanol–water partition coefficient (Wildman–Crippen LogP) is 8.83. The van der Waals surface area contributed by atoms with Crippen molar-refractivity contribution in [2.24, 2.45) is 46.3 Å². The van der Waals surface area contributed by atoms with E-state index in [0.717, 1.165) is 54.8 Å². The first kappa shape index (κ1) is 26.2. The standard InChI is InChI=1S/C30H45FO.C2H6/c1-4-21(8-5-20-6-10-23(31)11-7-20)26-13-14-27-25-12-9-22-19-24(32)15-17-29(22,2)28(25)16-18-30(26,27)3;1-2/h6-7,10-11,21-22,24-28,32H,4-5,8-9,12-19H2,1-3H3;1-2H3/t21-,22?,24?,25-,26?,27?,28?,29?,30?;/m0./s1. The van der Waals surface area contributed by atoms with Gasteiger partial charge in [0.1, 0.15) is 5.82 Å². The maximum atomic E-state index is 13.3. The number of benzene rings is 1. The topological polar surface area (TPSA) is 20.2 Å². The van der Waals surface area contributed by atoms with Gasteiger partial charge in [-0.15, -0.1) is 0 Å². The third kappa shape index (κ3) is 4.62.